The first-order valence-corrected chi connectivity index (χ1v) is 11.7. The highest BCUT2D eigenvalue weighted by Crippen LogP contribution is 2.31. The summed E-state index contributed by atoms with van der Waals surface area (Å²) in [5, 5.41) is 5.34. The van der Waals surface area contributed by atoms with E-state index in [1.165, 1.54) is 0 Å². The van der Waals surface area contributed by atoms with Crippen LogP contribution in [0.2, 0.25) is 0 Å². The quantitative estimate of drug-likeness (QED) is 0.629. The third kappa shape index (κ3) is 5.48. The number of ether oxygens (including phenoxy) is 2. The molecule has 2 saturated heterocycles. The molecule has 9 heteroatoms. The van der Waals surface area contributed by atoms with Crippen molar-refractivity contribution in [3.63, 3.8) is 0 Å². The normalized spacial score (nSPS) is 17.0. The third-order valence-electron chi connectivity index (χ3n) is 6.00. The monoisotopic (exact) mass is 454 g/mol. The number of nitrogens with zero attached hydrogens (tertiary/aromatic N) is 4. The van der Waals surface area contributed by atoms with Gasteiger partial charge >= 0.3 is 0 Å². The molecule has 2 aromatic rings. The highest BCUT2D eigenvalue weighted by molar-refractivity contribution is 6.04. The molecule has 0 bridgehead atoms. The lowest BCUT2D eigenvalue weighted by Gasteiger charge is -2.38. The van der Waals surface area contributed by atoms with Gasteiger partial charge in [-0.05, 0) is 24.6 Å². The number of hydrogen-bond acceptors (Lipinski definition) is 8. The number of methoxy groups -OCH3 is 1. The van der Waals surface area contributed by atoms with Crippen LogP contribution in [0, 0.1) is 0 Å². The van der Waals surface area contributed by atoms with Crippen molar-refractivity contribution < 1.29 is 14.3 Å². The Balaban J connectivity index is 1.53. The van der Waals surface area contributed by atoms with E-state index in [9.17, 15) is 4.79 Å². The molecule has 1 aromatic carbocycles. The predicted octanol–water partition coefficient (Wildman–Crippen LogP) is 2.22. The maximum atomic E-state index is 13.4. The van der Waals surface area contributed by atoms with Gasteiger partial charge in [-0.15, -0.1) is 0 Å². The standard InChI is InChI=1S/C24H34N6O3/c1-3-9-25-19-8-10-26-23(22(19)24(31)27-30-15-17-33-18-16-30)29-13-11-28(12-14-29)20-6-4-5-7-21(20)32-2/h4-8,10H,3,9,11-18H2,1-2H3,(H,25,26)(H,27,31). The molecule has 0 saturated carbocycles. The first-order chi connectivity index (χ1) is 16.2. The van der Waals surface area contributed by atoms with E-state index in [0.29, 0.717) is 31.9 Å². The molecule has 2 aliphatic rings. The number of para-hydroxylation sites is 2. The van der Waals surface area contributed by atoms with Crippen LogP contribution in [-0.2, 0) is 4.74 Å². The number of morpholine rings is 1. The number of pyridine rings is 1. The molecule has 0 unspecified atom stereocenters. The van der Waals surface area contributed by atoms with Gasteiger partial charge in [0.25, 0.3) is 5.91 Å². The van der Waals surface area contributed by atoms with Gasteiger partial charge in [0.1, 0.15) is 17.1 Å². The minimum Gasteiger partial charge on any atom is -0.495 e. The zero-order chi connectivity index (χ0) is 23.0. The summed E-state index contributed by atoms with van der Waals surface area (Å²) in [6, 6.07) is 9.97. The van der Waals surface area contributed by atoms with Crippen LogP contribution in [0.3, 0.4) is 0 Å². The number of hydrazine groups is 1. The average Bonchev–Trinajstić information content (AvgIpc) is 2.87. The molecule has 2 aliphatic heterocycles. The van der Waals surface area contributed by atoms with Gasteiger partial charge in [0, 0.05) is 52.0 Å². The summed E-state index contributed by atoms with van der Waals surface area (Å²) in [5.74, 6) is 1.47. The van der Waals surface area contributed by atoms with E-state index in [1.807, 2.05) is 29.3 Å². The molecular weight excluding hydrogens is 420 g/mol. The second-order valence-electron chi connectivity index (χ2n) is 8.17. The maximum absolute atomic E-state index is 13.4. The topological polar surface area (TPSA) is 82.2 Å². The van der Waals surface area contributed by atoms with Crippen LogP contribution >= 0.6 is 0 Å². The molecule has 33 heavy (non-hydrogen) atoms. The second kappa shape index (κ2) is 11.2. The van der Waals surface area contributed by atoms with Gasteiger partial charge in [0.05, 0.1) is 31.7 Å². The first-order valence-electron chi connectivity index (χ1n) is 11.7. The molecule has 2 fully saturated rings. The van der Waals surface area contributed by atoms with Crippen molar-refractivity contribution in [2.75, 3.05) is 81.3 Å². The number of aromatic nitrogens is 1. The van der Waals surface area contributed by atoms with E-state index in [1.54, 1.807) is 13.3 Å². The number of nitrogens with one attached hydrogen (secondary N) is 2. The molecule has 1 aromatic heterocycles. The lowest BCUT2D eigenvalue weighted by Crippen LogP contribution is -2.50. The first kappa shape index (κ1) is 23.1. The smallest absolute Gasteiger partial charge is 0.271 e. The van der Waals surface area contributed by atoms with Gasteiger partial charge in [-0.1, -0.05) is 19.1 Å². The van der Waals surface area contributed by atoms with Crippen molar-refractivity contribution in [2.24, 2.45) is 0 Å². The number of piperazine rings is 1. The second-order valence-corrected chi connectivity index (χ2v) is 8.17. The summed E-state index contributed by atoms with van der Waals surface area (Å²) in [4.78, 5) is 22.6. The molecule has 178 valence electrons. The highest BCUT2D eigenvalue weighted by Gasteiger charge is 2.27. The Morgan fingerprint density at radius 2 is 1.79 bits per heavy atom. The zero-order valence-corrected chi connectivity index (χ0v) is 19.5. The number of anilines is 3. The van der Waals surface area contributed by atoms with Gasteiger partial charge in [-0.3, -0.25) is 10.2 Å². The van der Waals surface area contributed by atoms with Crippen LogP contribution < -0.4 is 25.3 Å². The number of hydrogen-bond donors (Lipinski definition) is 2. The summed E-state index contributed by atoms with van der Waals surface area (Å²) in [6.07, 6.45) is 2.76. The van der Waals surface area contributed by atoms with Gasteiger partial charge < -0.3 is 24.6 Å². The van der Waals surface area contributed by atoms with Crippen molar-refractivity contribution in [1.29, 1.82) is 0 Å². The summed E-state index contributed by atoms with van der Waals surface area (Å²) < 4.78 is 10.9. The number of benzene rings is 1. The van der Waals surface area contributed by atoms with E-state index in [0.717, 1.165) is 62.1 Å². The van der Waals surface area contributed by atoms with Crippen LogP contribution in [0.1, 0.15) is 23.7 Å². The van der Waals surface area contributed by atoms with Crippen LogP contribution in [-0.4, -0.2) is 82.0 Å². The Bertz CT molecular complexity index is 926. The number of carbonyl (C=O) groups excluding carboxylic acids is 1. The van der Waals surface area contributed by atoms with Crippen molar-refractivity contribution in [3.8, 4) is 5.75 Å². The van der Waals surface area contributed by atoms with Crippen molar-refractivity contribution in [2.45, 2.75) is 13.3 Å². The highest BCUT2D eigenvalue weighted by atomic mass is 16.5. The number of carbonyl (C=O) groups is 1. The van der Waals surface area contributed by atoms with Crippen molar-refractivity contribution in [3.05, 3.63) is 42.1 Å². The summed E-state index contributed by atoms with van der Waals surface area (Å²) in [6.45, 7) is 8.66. The predicted molar refractivity (Wildman–Crippen MR) is 130 cm³/mol. The Kier molecular flexibility index (Phi) is 7.85. The average molecular weight is 455 g/mol. The lowest BCUT2D eigenvalue weighted by molar-refractivity contribution is 0.0126. The SMILES string of the molecule is CCCNc1ccnc(N2CCN(c3ccccc3OC)CC2)c1C(=O)NN1CCOCC1. The minimum atomic E-state index is -0.134. The fourth-order valence-corrected chi connectivity index (χ4v) is 4.25. The summed E-state index contributed by atoms with van der Waals surface area (Å²) in [5.41, 5.74) is 5.58. The van der Waals surface area contributed by atoms with E-state index >= 15 is 0 Å². The van der Waals surface area contributed by atoms with Crippen LogP contribution in [0.25, 0.3) is 0 Å². The maximum Gasteiger partial charge on any atom is 0.271 e. The Hall–Kier alpha value is -3.04. The van der Waals surface area contributed by atoms with E-state index in [2.05, 4.69) is 38.5 Å². The van der Waals surface area contributed by atoms with Crippen molar-refractivity contribution in [1.82, 2.24) is 15.4 Å². The van der Waals surface area contributed by atoms with E-state index in [-0.39, 0.29) is 5.91 Å². The molecule has 0 spiro atoms. The van der Waals surface area contributed by atoms with Crippen molar-refractivity contribution >= 4 is 23.1 Å². The van der Waals surface area contributed by atoms with Gasteiger partial charge in [0.2, 0.25) is 0 Å². The molecular formula is C24H34N6O3. The number of amides is 1. The van der Waals surface area contributed by atoms with Crippen LogP contribution in [0.15, 0.2) is 36.5 Å². The Morgan fingerprint density at radius 1 is 1.06 bits per heavy atom. The Labute approximate surface area is 195 Å². The van der Waals surface area contributed by atoms with Crippen LogP contribution in [0.5, 0.6) is 5.75 Å². The molecule has 0 atom stereocenters. The van der Waals surface area contributed by atoms with E-state index in [4.69, 9.17) is 9.47 Å². The third-order valence-corrected chi connectivity index (χ3v) is 6.00. The van der Waals surface area contributed by atoms with E-state index < -0.39 is 0 Å². The zero-order valence-electron chi connectivity index (χ0n) is 19.5. The molecule has 4 rings (SSSR count). The summed E-state index contributed by atoms with van der Waals surface area (Å²) in [7, 11) is 1.70. The number of rotatable bonds is 8. The Morgan fingerprint density at radius 3 is 2.52 bits per heavy atom. The molecule has 0 aliphatic carbocycles. The fraction of sp³-hybridized carbons (Fsp3) is 0.500. The van der Waals surface area contributed by atoms with Gasteiger partial charge in [-0.2, -0.15) is 0 Å². The van der Waals surface area contributed by atoms with Gasteiger partial charge in [-0.25, -0.2) is 9.99 Å². The fourth-order valence-electron chi connectivity index (χ4n) is 4.25. The molecule has 2 N–H and O–H groups in total. The molecule has 9 nitrogen and oxygen atoms in total. The van der Waals surface area contributed by atoms with Gasteiger partial charge in [0.15, 0.2) is 0 Å². The van der Waals surface area contributed by atoms with Crippen LogP contribution in [0.4, 0.5) is 17.2 Å². The largest absolute Gasteiger partial charge is 0.495 e. The lowest BCUT2D eigenvalue weighted by atomic mass is 10.1. The minimum absolute atomic E-state index is 0.134. The molecule has 1 amide bonds. The summed E-state index contributed by atoms with van der Waals surface area (Å²) >= 11 is 0. The molecule has 0 radical (unpaired) electrons. The molecule has 3 heterocycles.